The summed E-state index contributed by atoms with van der Waals surface area (Å²) in [6.45, 7) is 0.226. The molecule has 1 atom stereocenters. The van der Waals surface area contributed by atoms with Crippen LogP contribution in [0.15, 0.2) is 12.1 Å². The lowest BCUT2D eigenvalue weighted by Crippen LogP contribution is -2.16. The minimum Gasteiger partial charge on any atom is -0.493 e. The van der Waals surface area contributed by atoms with Gasteiger partial charge in [-0.05, 0) is 17.7 Å². The first-order valence-corrected chi connectivity index (χ1v) is 5.58. The Labute approximate surface area is 111 Å². The van der Waals surface area contributed by atoms with Crippen LogP contribution in [0.3, 0.4) is 0 Å². The second kappa shape index (κ2) is 6.96. The van der Waals surface area contributed by atoms with E-state index in [4.69, 9.17) is 14.2 Å². The molecule has 6 heteroatoms. The lowest BCUT2D eigenvalue weighted by Gasteiger charge is -2.17. The lowest BCUT2D eigenvalue weighted by atomic mass is 10.0. The fraction of sp³-hybridized carbons (Fsp3) is 0.462. The second-order valence-electron chi connectivity index (χ2n) is 3.76. The number of carbonyl (C=O) groups excluding carboxylic acids is 1. The number of hydrogen-bond donors (Lipinski definition) is 1. The number of hydrogen-bond acceptors (Lipinski definition) is 6. The van der Waals surface area contributed by atoms with Crippen molar-refractivity contribution in [2.45, 2.75) is 12.7 Å². The molecule has 0 heterocycles. The van der Waals surface area contributed by atoms with Crippen molar-refractivity contribution in [3.8, 4) is 11.5 Å². The van der Waals surface area contributed by atoms with Gasteiger partial charge in [-0.1, -0.05) is 0 Å². The summed E-state index contributed by atoms with van der Waals surface area (Å²) in [6, 6.07) is 3.19. The molecule has 0 aliphatic rings. The number of aliphatic hydroxyl groups is 1. The zero-order valence-electron chi connectivity index (χ0n) is 11.4. The van der Waals surface area contributed by atoms with Gasteiger partial charge in [-0.2, -0.15) is 0 Å². The van der Waals surface area contributed by atoms with Gasteiger partial charge in [-0.15, -0.1) is 0 Å². The Kier molecular flexibility index (Phi) is 5.59. The topological polar surface area (TPSA) is 74.2 Å². The van der Waals surface area contributed by atoms with E-state index in [1.54, 1.807) is 6.07 Å². The van der Waals surface area contributed by atoms with Gasteiger partial charge in [0.1, 0.15) is 0 Å². The van der Waals surface area contributed by atoms with Gasteiger partial charge < -0.3 is 24.1 Å². The van der Waals surface area contributed by atoms with Crippen molar-refractivity contribution in [2.24, 2.45) is 0 Å². The van der Waals surface area contributed by atoms with E-state index in [2.05, 4.69) is 4.74 Å². The molecular formula is C13H18O6. The number of carbonyl (C=O) groups is 1. The Hall–Kier alpha value is -1.79. The number of esters is 1. The summed E-state index contributed by atoms with van der Waals surface area (Å²) in [6.07, 6.45) is -1.39. The van der Waals surface area contributed by atoms with Crippen LogP contribution in [-0.4, -0.2) is 39.5 Å². The molecule has 1 aromatic rings. The monoisotopic (exact) mass is 270 g/mol. The summed E-state index contributed by atoms with van der Waals surface area (Å²) < 4.78 is 19.9. The molecule has 0 spiro atoms. The van der Waals surface area contributed by atoms with E-state index in [1.807, 2.05) is 0 Å². The minimum absolute atomic E-state index is 0.226. The fourth-order valence-corrected chi connectivity index (χ4v) is 1.71. The maximum absolute atomic E-state index is 11.4. The number of ether oxygens (including phenoxy) is 4. The van der Waals surface area contributed by atoms with Crippen LogP contribution in [0.1, 0.15) is 17.2 Å². The van der Waals surface area contributed by atoms with Gasteiger partial charge in [-0.3, -0.25) is 0 Å². The van der Waals surface area contributed by atoms with Gasteiger partial charge in [0.05, 0.1) is 27.9 Å². The molecule has 0 aliphatic heterocycles. The number of rotatable bonds is 6. The SMILES string of the molecule is COCc1cc(OC)c(OC)cc1C(O)C(=O)OC. The predicted molar refractivity (Wildman–Crippen MR) is 67.2 cm³/mol. The first-order valence-electron chi connectivity index (χ1n) is 5.58. The Morgan fingerprint density at radius 2 is 1.74 bits per heavy atom. The Balaban J connectivity index is 3.30. The lowest BCUT2D eigenvalue weighted by molar-refractivity contribution is -0.150. The quantitative estimate of drug-likeness (QED) is 0.779. The van der Waals surface area contributed by atoms with Crippen LogP contribution >= 0.6 is 0 Å². The van der Waals surface area contributed by atoms with Crippen molar-refractivity contribution < 1.29 is 28.8 Å². The molecule has 0 fully saturated rings. The minimum atomic E-state index is -1.39. The van der Waals surface area contributed by atoms with Crippen LogP contribution in [0.5, 0.6) is 11.5 Å². The van der Waals surface area contributed by atoms with Crippen molar-refractivity contribution in [1.29, 1.82) is 0 Å². The average Bonchev–Trinajstić information content (AvgIpc) is 2.45. The van der Waals surface area contributed by atoms with Crippen molar-refractivity contribution in [3.05, 3.63) is 23.3 Å². The highest BCUT2D eigenvalue weighted by Crippen LogP contribution is 2.34. The number of benzene rings is 1. The summed E-state index contributed by atoms with van der Waals surface area (Å²) in [5.41, 5.74) is 0.990. The molecular weight excluding hydrogens is 252 g/mol. The summed E-state index contributed by atoms with van der Waals surface area (Å²) in [5.74, 6) is 0.167. The standard InChI is InChI=1S/C13H18O6/c1-16-7-8-5-10(17-2)11(18-3)6-9(8)12(14)13(15)19-4/h5-6,12,14H,7H2,1-4H3. The third kappa shape index (κ3) is 3.36. The highest BCUT2D eigenvalue weighted by atomic mass is 16.5. The molecule has 0 aliphatic carbocycles. The summed E-state index contributed by atoms with van der Waals surface area (Å²) in [4.78, 5) is 11.4. The van der Waals surface area contributed by atoms with Crippen LogP contribution in [0.25, 0.3) is 0 Å². The normalized spacial score (nSPS) is 11.8. The highest BCUT2D eigenvalue weighted by molar-refractivity contribution is 5.77. The Bertz CT molecular complexity index is 443. The molecule has 0 saturated heterocycles. The number of aliphatic hydroxyl groups excluding tert-OH is 1. The zero-order chi connectivity index (χ0) is 14.4. The third-order valence-corrected chi connectivity index (χ3v) is 2.66. The molecule has 1 N–H and O–H groups in total. The van der Waals surface area contributed by atoms with E-state index in [9.17, 15) is 9.90 Å². The largest absolute Gasteiger partial charge is 0.493 e. The molecule has 0 amide bonds. The molecule has 106 valence electrons. The smallest absolute Gasteiger partial charge is 0.339 e. The number of methoxy groups -OCH3 is 4. The summed E-state index contributed by atoms with van der Waals surface area (Å²) >= 11 is 0. The van der Waals surface area contributed by atoms with Crippen molar-refractivity contribution in [3.63, 3.8) is 0 Å². The third-order valence-electron chi connectivity index (χ3n) is 2.66. The van der Waals surface area contributed by atoms with Gasteiger partial charge in [-0.25, -0.2) is 4.79 Å². The molecule has 1 unspecified atom stereocenters. The highest BCUT2D eigenvalue weighted by Gasteiger charge is 2.23. The second-order valence-corrected chi connectivity index (χ2v) is 3.76. The first kappa shape index (κ1) is 15.3. The Morgan fingerprint density at radius 1 is 1.16 bits per heavy atom. The van der Waals surface area contributed by atoms with Crippen molar-refractivity contribution >= 4 is 5.97 Å². The van der Waals surface area contributed by atoms with Crippen LogP contribution in [0.4, 0.5) is 0 Å². The molecule has 0 aromatic heterocycles. The fourth-order valence-electron chi connectivity index (χ4n) is 1.71. The van der Waals surface area contributed by atoms with Crippen LogP contribution in [0, 0.1) is 0 Å². The van der Waals surface area contributed by atoms with Gasteiger partial charge >= 0.3 is 5.97 Å². The summed E-state index contributed by atoms with van der Waals surface area (Å²) in [5, 5.41) is 9.95. The molecule has 1 aromatic carbocycles. The molecule has 0 radical (unpaired) electrons. The average molecular weight is 270 g/mol. The predicted octanol–water partition coefficient (Wildman–Crippen LogP) is 1.06. The summed E-state index contributed by atoms with van der Waals surface area (Å²) in [7, 11) is 5.71. The Morgan fingerprint density at radius 3 is 2.21 bits per heavy atom. The molecule has 0 saturated carbocycles. The molecule has 19 heavy (non-hydrogen) atoms. The first-order chi connectivity index (χ1) is 9.08. The molecule has 0 bridgehead atoms. The van der Waals surface area contributed by atoms with E-state index in [0.29, 0.717) is 22.6 Å². The van der Waals surface area contributed by atoms with E-state index >= 15 is 0 Å². The molecule has 6 nitrogen and oxygen atoms in total. The van der Waals surface area contributed by atoms with Crippen molar-refractivity contribution in [2.75, 3.05) is 28.4 Å². The van der Waals surface area contributed by atoms with Crippen molar-refractivity contribution in [1.82, 2.24) is 0 Å². The van der Waals surface area contributed by atoms with Gasteiger partial charge in [0.2, 0.25) is 0 Å². The van der Waals surface area contributed by atoms with Crippen LogP contribution in [0.2, 0.25) is 0 Å². The molecule has 1 rings (SSSR count). The maximum Gasteiger partial charge on any atom is 0.339 e. The van der Waals surface area contributed by atoms with E-state index in [1.165, 1.54) is 34.5 Å². The van der Waals surface area contributed by atoms with Gasteiger partial charge in [0.25, 0.3) is 0 Å². The van der Waals surface area contributed by atoms with E-state index < -0.39 is 12.1 Å². The van der Waals surface area contributed by atoms with Crippen LogP contribution in [-0.2, 0) is 20.9 Å². The zero-order valence-corrected chi connectivity index (χ0v) is 11.4. The van der Waals surface area contributed by atoms with Crippen LogP contribution < -0.4 is 9.47 Å². The van der Waals surface area contributed by atoms with Gasteiger partial charge in [0, 0.05) is 12.7 Å². The van der Waals surface area contributed by atoms with Gasteiger partial charge in [0.15, 0.2) is 17.6 Å². The van der Waals surface area contributed by atoms with E-state index in [-0.39, 0.29) is 6.61 Å². The van der Waals surface area contributed by atoms with E-state index in [0.717, 1.165) is 0 Å². The maximum atomic E-state index is 11.4.